The SMILES string of the molecule is CC(C(=O)Nc1cccnc1)N(c1cccc(F)c1)S(C)(=O)=O. The van der Waals surface area contributed by atoms with Crippen LogP contribution in [0.4, 0.5) is 15.8 Å². The molecule has 1 atom stereocenters. The van der Waals surface area contributed by atoms with E-state index in [-0.39, 0.29) is 5.69 Å². The highest BCUT2D eigenvalue weighted by Gasteiger charge is 2.29. The summed E-state index contributed by atoms with van der Waals surface area (Å²) in [6.07, 6.45) is 3.96. The number of hydrogen-bond donors (Lipinski definition) is 1. The van der Waals surface area contributed by atoms with Gasteiger partial charge in [-0.1, -0.05) is 6.07 Å². The van der Waals surface area contributed by atoms with E-state index in [4.69, 9.17) is 0 Å². The van der Waals surface area contributed by atoms with Gasteiger partial charge in [-0.2, -0.15) is 0 Å². The molecule has 0 aliphatic heterocycles. The zero-order chi connectivity index (χ0) is 17.0. The second-order valence-electron chi connectivity index (χ2n) is 4.95. The Balaban J connectivity index is 2.31. The maximum absolute atomic E-state index is 13.4. The monoisotopic (exact) mass is 337 g/mol. The van der Waals surface area contributed by atoms with E-state index >= 15 is 0 Å². The smallest absolute Gasteiger partial charge is 0.248 e. The molecule has 1 aromatic carbocycles. The molecule has 1 aromatic heterocycles. The number of nitrogens with one attached hydrogen (secondary N) is 1. The molecule has 0 aliphatic rings. The highest BCUT2D eigenvalue weighted by molar-refractivity contribution is 7.92. The molecule has 23 heavy (non-hydrogen) atoms. The lowest BCUT2D eigenvalue weighted by molar-refractivity contribution is -0.116. The van der Waals surface area contributed by atoms with Crippen LogP contribution >= 0.6 is 0 Å². The summed E-state index contributed by atoms with van der Waals surface area (Å²) in [5.41, 5.74) is 0.526. The van der Waals surface area contributed by atoms with Crippen molar-refractivity contribution in [3.05, 3.63) is 54.6 Å². The summed E-state index contributed by atoms with van der Waals surface area (Å²) in [4.78, 5) is 16.2. The first-order chi connectivity index (χ1) is 10.8. The van der Waals surface area contributed by atoms with E-state index in [1.807, 2.05) is 0 Å². The van der Waals surface area contributed by atoms with Gasteiger partial charge in [0.2, 0.25) is 15.9 Å². The molecule has 0 bridgehead atoms. The first-order valence-corrected chi connectivity index (χ1v) is 8.60. The van der Waals surface area contributed by atoms with Gasteiger partial charge in [0, 0.05) is 6.20 Å². The molecule has 122 valence electrons. The lowest BCUT2D eigenvalue weighted by Crippen LogP contribution is -2.45. The highest BCUT2D eigenvalue weighted by Crippen LogP contribution is 2.22. The van der Waals surface area contributed by atoms with Crippen LogP contribution in [-0.4, -0.2) is 31.6 Å². The number of amides is 1. The Bertz CT molecular complexity index is 797. The molecule has 0 spiro atoms. The van der Waals surface area contributed by atoms with Crippen molar-refractivity contribution in [2.75, 3.05) is 15.9 Å². The lowest BCUT2D eigenvalue weighted by Gasteiger charge is -2.28. The Morgan fingerprint density at radius 1 is 1.30 bits per heavy atom. The third-order valence-corrected chi connectivity index (χ3v) is 4.32. The van der Waals surface area contributed by atoms with E-state index in [2.05, 4.69) is 10.3 Å². The molecule has 8 heteroatoms. The van der Waals surface area contributed by atoms with E-state index in [1.54, 1.807) is 18.3 Å². The van der Waals surface area contributed by atoms with Gasteiger partial charge in [-0.3, -0.25) is 14.1 Å². The molecular formula is C15H16FN3O3S. The molecular weight excluding hydrogens is 321 g/mol. The summed E-state index contributed by atoms with van der Waals surface area (Å²) >= 11 is 0. The van der Waals surface area contributed by atoms with Crippen LogP contribution in [0, 0.1) is 5.82 Å². The molecule has 0 saturated carbocycles. The van der Waals surface area contributed by atoms with E-state index in [0.29, 0.717) is 5.69 Å². The fraction of sp³-hybridized carbons (Fsp3) is 0.200. The van der Waals surface area contributed by atoms with E-state index < -0.39 is 27.8 Å². The van der Waals surface area contributed by atoms with Crippen LogP contribution in [0.3, 0.4) is 0 Å². The van der Waals surface area contributed by atoms with Gasteiger partial charge in [0.25, 0.3) is 0 Å². The minimum absolute atomic E-state index is 0.0846. The topological polar surface area (TPSA) is 79.4 Å². The van der Waals surface area contributed by atoms with E-state index in [0.717, 1.165) is 16.6 Å². The number of halogens is 1. The Hall–Kier alpha value is -2.48. The van der Waals surface area contributed by atoms with Crippen LogP contribution in [0.15, 0.2) is 48.8 Å². The first-order valence-electron chi connectivity index (χ1n) is 6.75. The number of rotatable bonds is 5. The van der Waals surface area contributed by atoms with Gasteiger partial charge >= 0.3 is 0 Å². The number of carbonyl (C=O) groups excluding carboxylic acids is 1. The summed E-state index contributed by atoms with van der Waals surface area (Å²) in [6, 6.07) is 7.28. The minimum Gasteiger partial charge on any atom is -0.323 e. The molecule has 0 saturated heterocycles. The number of pyridine rings is 1. The van der Waals surface area contributed by atoms with Gasteiger partial charge in [0.05, 0.1) is 23.8 Å². The van der Waals surface area contributed by atoms with Crippen molar-refractivity contribution in [3.8, 4) is 0 Å². The summed E-state index contributed by atoms with van der Waals surface area (Å²) in [5, 5.41) is 2.58. The second-order valence-corrected chi connectivity index (χ2v) is 6.81. The lowest BCUT2D eigenvalue weighted by atomic mass is 10.2. The molecule has 1 N–H and O–H groups in total. The molecule has 1 unspecified atom stereocenters. The number of carbonyl (C=O) groups is 1. The molecule has 1 heterocycles. The van der Waals surface area contributed by atoms with Crippen molar-refractivity contribution in [2.45, 2.75) is 13.0 Å². The number of aromatic nitrogens is 1. The fourth-order valence-corrected chi connectivity index (χ4v) is 3.27. The van der Waals surface area contributed by atoms with Crippen LogP contribution in [0.5, 0.6) is 0 Å². The third-order valence-electron chi connectivity index (χ3n) is 3.08. The fourth-order valence-electron chi connectivity index (χ4n) is 2.11. The van der Waals surface area contributed by atoms with Crippen LogP contribution < -0.4 is 9.62 Å². The predicted octanol–water partition coefficient (Wildman–Crippen LogP) is 2.01. The number of benzene rings is 1. The quantitative estimate of drug-likeness (QED) is 0.905. The summed E-state index contributed by atoms with van der Waals surface area (Å²) in [6.45, 7) is 1.43. The molecule has 0 radical (unpaired) electrons. The largest absolute Gasteiger partial charge is 0.323 e. The van der Waals surface area contributed by atoms with Crippen molar-refractivity contribution in [1.29, 1.82) is 0 Å². The van der Waals surface area contributed by atoms with Crippen molar-refractivity contribution in [3.63, 3.8) is 0 Å². The maximum Gasteiger partial charge on any atom is 0.248 e. The van der Waals surface area contributed by atoms with Crippen LogP contribution in [-0.2, 0) is 14.8 Å². The zero-order valence-corrected chi connectivity index (χ0v) is 13.4. The van der Waals surface area contributed by atoms with E-state index in [9.17, 15) is 17.6 Å². The van der Waals surface area contributed by atoms with Crippen molar-refractivity contribution in [2.24, 2.45) is 0 Å². The van der Waals surface area contributed by atoms with Crippen LogP contribution in [0.2, 0.25) is 0 Å². The Kier molecular flexibility index (Phi) is 4.95. The maximum atomic E-state index is 13.4. The van der Waals surface area contributed by atoms with Gasteiger partial charge in [-0.15, -0.1) is 0 Å². The normalized spacial score (nSPS) is 12.5. The van der Waals surface area contributed by atoms with Gasteiger partial charge < -0.3 is 5.32 Å². The standard InChI is InChI=1S/C15H16FN3O3S/c1-11(15(20)18-13-6-4-8-17-10-13)19(23(2,21)22)14-7-3-5-12(16)9-14/h3-11H,1-2H3,(H,18,20). The number of anilines is 2. The Morgan fingerprint density at radius 2 is 2.04 bits per heavy atom. The third kappa shape index (κ3) is 4.26. The summed E-state index contributed by atoms with van der Waals surface area (Å²) in [7, 11) is -3.78. The van der Waals surface area contributed by atoms with Crippen LogP contribution in [0.1, 0.15) is 6.92 Å². The Labute approximate surface area is 134 Å². The summed E-state index contributed by atoms with van der Waals surface area (Å²) < 4.78 is 38.4. The highest BCUT2D eigenvalue weighted by atomic mass is 32.2. The number of sulfonamides is 1. The van der Waals surface area contributed by atoms with Gasteiger partial charge in [0.15, 0.2) is 0 Å². The van der Waals surface area contributed by atoms with Crippen molar-refractivity contribution < 1.29 is 17.6 Å². The minimum atomic E-state index is -3.78. The molecule has 6 nitrogen and oxygen atoms in total. The molecule has 0 aliphatic carbocycles. The average molecular weight is 337 g/mol. The zero-order valence-electron chi connectivity index (χ0n) is 12.6. The van der Waals surface area contributed by atoms with Gasteiger partial charge in [0.1, 0.15) is 11.9 Å². The molecule has 1 amide bonds. The van der Waals surface area contributed by atoms with Crippen LogP contribution in [0.25, 0.3) is 0 Å². The van der Waals surface area contributed by atoms with Gasteiger partial charge in [-0.25, -0.2) is 12.8 Å². The predicted molar refractivity (Wildman–Crippen MR) is 86.1 cm³/mol. The van der Waals surface area contributed by atoms with Crippen molar-refractivity contribution >= 4 is 27.3 Å². The molecule has 2 aromatic rings. The molecule has 2 rings (SSSR count). The first kappa shape index (κ1) is 16.9. The Morgan fingerprint density at radius 3 is 2.61 bits per heavy atom. The number of nitrogens with zero attached hydrogens (tertiary/aromatic N) is 2. The second kappa shape index (κ2) is 6.74. The summed E-state index contributed by atoms with van der Waals surface area (Å²) in [5.74, 6) is -1.14. The van der Waals surface area contributed by atoms with Gasteiger partial charge in [-0.05, 0) is 37.3 Å². The molecule has 0 fully saturated rings. The van der Waals surface area contributed by atoms with E-state index in [1.165, 1.54) is 31.3 Å². The average Bonchev–Trinajstić information content (AvgIpc) is 2.47. The van der Waals surface area contributed by atoms with Crippen molar-refractivity contribution in [1.82, 2.24) is 4.98 Å². The number of hydrogen-bond acceptors (Lipinski definition) is 4.